The molecule has 1 N–H and O–H groups in total. The normalized spacial score (nSPS) is 12.7. The molecule has 1 unspecified atom stereocenters. The Morgan fingerprint density at radius 2 is 2.17 bits per heavy atom. The Morgan fingerprint density at radius 1 is 1.58 bits per heavy atom. The van der Waals surface area contributed by atoms with Gasteiger partial charge in [-0.15, -0.1) is 0 Å². The van der Waals surface area contributed by atoms with E-state index >= 15 is 0 Å². The van der Waals surface area contributed by atoms with Gasteiger partial charge in [-0.25, -0.2) is 0 Å². The molecular formula is C8H18N2OS. The predicted molar refractivity (Wildman–Crippen MR) is 54.5 cm³/mol. The zero-order valence-corrected chi connectivity index (χ0v) is 9.07. The van der Waals surface area contributed by atoms with Crippen LogP contribution in [0.15, 0.2) is 0 Å². The minimum absolute atomic E-state index is 0.128. The van der Waals surface area contributed by atoms with Gasteiger partial charge in [-0.3, -0.25) is 4.79 Å². The third kappa shape index (κ3) is 5.43. The van der Waals surface area contributed by atoms with Crippen molar-refractivity contribution in [2.24, 2.45) is 0 Å². The van der Waals surface area contributed by atoms with E-state index < -0.39 is 0 Å². The molecule has 0 fully saturated rings. The lowest BCUT2D eigenvalue weighted by Crippen LogP contribution is -2.35. The molecule has 0 radical (unpaired) electrons. The molecule has 0 rings (SSSR count). The number of nitrogens with one attached hydrogen (secondary N) is 1. The van der Waals surface area contributed by atoms with Gasteiger partial charge in [0.2, 0.25) is 5.91 Å². The van der Waals surface area contributed by atoms with E-state index in [0.717, 1.165) is 6.54 Å². The maximum Gasteiger partial charge on any atom is 0.236 e. The number of nitrogens with zero attached hydrogens (tertiary/aromatic N) is 1. The van der Waals surface area contributed by atoms with Crippen molar-refractivity contribution < 1.29 is 4.79 Å². The van der Waals surface area contributed by atoms with Crippen LogP contribution in [0.25, 0.3) is 0 Å². The number of thioether (sulfide) groups is 1. The van der Waals surface area contributed by atoms with Gasteiger partial charge >= 0.3 is 0 Å². The maximum absolute atomic E-state index is 11.1. The molecular weight excluding hydrogens is 172 g/mol. The average molecular weight is 190 g/mol. The third-order valence-electron chi connectivity index (χ3n) is 1.61. The summed E-state index contributed by atoms with van der Waals surface area (Å²) in [6.45, 7) is 3.47. The Balaban J connectivity index is 3.37. The van der Waals surface area contributed by atoms with E-state index in [1.165, 1.54) is 0 Å². The maximum atomic E-state index is 11.1. The highest BCUT2D eigenvalue weighted by Gasteiger charge is 2.03. The van der Waals surface area contributed by atoms with Crippen molar-refractivity contribution >= 4 is 17.7 Å². The predicted octanol–water partition coefficient (Wildman–Crippen LogP) is 0.416. The summed E-state index contributed by atoms with van der Waals surface area (Å²) < 4.78 is 0. The number of carbonyl (C=O) groups excluding carboxylic acids is 1. The van der Waals surface area contributed by atoms with E-state index in [0.29, 0.717) is 11.8 Å². The van der Waals surface area contributed by atoms with Crippen LogP contribution < -0.4 is 5.32 Å². The Bertz CT molecular complexity index is 139. The second-order valence-corrected chi connectivity index (χ2v) is 4.24. The molecule has 0 aromatic rings. The highest BCUT2D eigenvalue weighted by molar-refractivity contribution is 7.99. The Hall–Kier alpha value is -0.220. The largest absolute Gasteiger partial charge is 0.348 e. The zero-order valence-electron chi connectivity index (χ0n) is 8.26. The molecule has 12 heavy (non-hydrogen) atoms. The van der Waals surface area contributed by atoms with Crippen molar-refractivity contribution in [3.63, 3.8) is 0 Å². The summed E-state index contributed by atoms with van der Waals surface area (Å²) in [6.07, 6.45) is 2.07. The molecule has 0 aliphatic heterocycles. The van der Waals surface area contributed by atoms with Crippen molar-refractivity contribution in [1.29, 1.82) is 0 Å². The fourth-order valence-electron chi connectivity index (χ4n) is 0.624. The van der Waals surface area contributed by atoms with Crippen LogP contribution in [-0.2, 0) is 4.79 Å². The molecule has 1 atom stereocenters. The smallest absolute Gasteiger partial charge is 0.236 e. The summed E-state index contributed by atoms with van der Waals surface area (Å²) in [5, 5.41) is 3.67. The molecule has 0 spiro atoms. The number of likely N-dealkylation sites (N-methyl/N-ethyl adjacent to an activating group) is 1. The van der Waals surface area contributed by atoms with Gasteiger partial charge < -0.3 is 10.2 Å². The minimum atomic E-state index is 0.128. The van der Waals surface area contributed by atoms with Gasteiger partial charge in [0.25, 0.3) is 0 Å². The summed E-state index contributed by atoms with van der Waals surface area (Å²) in [7, 11) is 3.53. The van der Waals surface area contributed by atoms with Crippen LogP contribution in [0.4, 0.5) is 0 Å². The second-order valence-electron chi connectivity index (χ2n) is 2.97. The van der Waals surface area contributed by atoms with Gasteiger partial charge in [-0.2, -0.15) is 11.8 Å². The van der Waals surface area contributed by atoms with Gasteiger partial charge in [-0.05, 0) is 6.26 Å². The molecule has 4 heteroatoms. The van der Waals surface area contributed by atoms with Gasteiger partial charge in [-0.1, -0.05) is 6.92 Å². The average Bonchev–Trinajstić information content (AvgIpc) is 2.03. The van der Waals surface area contributed by atoms with Crippen LogP contribution >= 0.6 is 11.8 Å². The van der Waals surface area contributed by atoms with Crippen molar-refractivity contribution in [3.8, 4) is 0 Å². The third-order valence-corrected chi connectivity index (χ3v) is 2.58. The number of hydrogen-bond acceptors (Lipinski definition) is 3. The SMILES string of the molecule is CSC(C)CNCC(=O)N(C)C. The topological polar surface area (TPSA) is 32.3 Å². The van der Waals surface area contributed by atoms with Crippen LogP contribution in [0.3, 0.4) is 0 Å². The zero-order chi connectivity index (χ0) is 9.56. The molecule has 0 aromatic heterocycles. The summed E-state index contributed by atoms with van der Waals surface area (Å²) in [6, 6.07) is 0. The first-order valence-corrected chi connectivity index (χ1v) is 5.30. The molecule has 3 nitrogen and oxygen atoms in total. The van der Waals surface area contributed by atoms with Gasteiger partial charge in [0.15, 0.2) is 0 Å². The summed E-state index contributed by atoms with van der Waals surface area (Å²) in [5.41, 5.74) is 0. The van der Waals surface area contributed by atoms with Crippen molar-refractivity contribution in [2.75, 3.05) is 33.4 Å². The summed E-state index contributed by atoms with van der Waals surface area (Å²) in [4.78, 5) is 12.7. The van der Waals surface area contributed by atoms with E-state index in [1.54, 1.807) is 30.8 Å². The van der Waals surface area contributed by atoms with E-state index in [-0.39, 0.29) is 5.91 Å². The summed E-state index contributed by atoms with van der Waals surface area (Å²) in [5.74, 6) is 0.128. The van der Waals surface area contributed by atoms with Crippen molar-refractivity contribution in [2.45, 2.75) is 12.2 Å². The van der Waals surface area contributed by atoms with E-state index in [9.17, 15) is 4.79 Å². The molecule has 0 aromatic carbocycles. The van der Waals surface area contributed by atoms with Gasteiger partial charge in [0.1, 0.15) is 0 Å². The van der Waals surface area contributed by atoms with E-state index in [1.807, 2.05) is 0 Å². The van der Waals surface area contributed by atoms with Crippen LogP contribution in [0.5, 0.6) is 0 Å². The molecule has 0 aliphatic carbocycles. The van der Waals surface area contributed by atoms with Crippen molar-refractivity contribution in [1.82, 2.24) is 10.2 Å². The molecule has 0 saturated heterocycles. The number of carbonyl (C=O) groups is 1. The fourth-order valence-corrected chi connectivity index (χ4v) is 0.908. The van der Waals surface area contributed by atoms with Gasteiger partial charge in [0.05, 0.1) is 6.54 Å². The van der Waals surface area contributed by atoms with Crippen LogP contribution in [0, 0.1) is 0 Å². The Morgan fingerprint density at radius 3 is 2.58 bits per heavy atom. The first kappa shape index (κ1) is 11.8. The second kappa shape index (κ2) is 6.31. The quantitative estimate of drug-likeness (QED) is 0.682. The molecule has 0 heterocycles. The van der Waals surface area contributed by atoms with Crippen LogP contribution in [0.2, 0.25) is 0 Å². The molecule has 72 valence electrons. The highest BCUT2D eigenvalue weighted by Crippen LogP contribution is 2.01. The highest BCUT2D eigenvalue weighted by atomic mass is 32.2. The van der Waals surface area contributed by atoms with Gasteiger partial charge in [0, 0.05) is 25.9 Å². The van der Waals surface area contributed by atoms with Crippen LogP contribution in [-0.4, -0.2) is 49.5 Å². The minimum Gasteiger partial charge on any atom is -0.348 e. The molecule has 0 saturated carbocycles. The molecule has 1 amide bonds. The van der Waals surface area contributed by atoms with Crippen molar-refractivity contribution in [3.05, 3.63) is 0 Å². The molecule has 0 aliphatic rings. The lowest BCUT2D eigenvalue weighted by Gasteiger charge is -2.12. The van der Waals surface area contributed by atoms with E-state index in [2.05, 4.69) is 18.5 Å². The first-order chi connectivity index (χ1) is 5.57. The number of amides is 1. The lowest BCUT2D eigenvalue weighted by molar-refractivity contribution is -0.127. The Kier molecular flexibility index (Phi) is 6.20. The first-order valence-electron chi connectivity index (χ1n) is 4.01. The monoisotopic (exact) mass is 190 g/mol. The number of hydrogen-bond donors (Lipinski definition) is 1. The summed E-state index contributed by atoms with van der Waals surface area (Å²) >= 11 is 1.80. The number of rotatable bonds is 5. The standard InChI is InChI=1S/C8H18N2OS/c1-7(12-4)5-9-6-8(11)10(2)3/h7,9H,5-6H2,1-4H3. The van der Waals surface area contributed by atoms with Crippen LogP contribution in [0.1, 0.15) is 6.92 Å². The fraction of sp³-hybridized carbons (Fsp3) is 0.875. The lowest BCUT2D eigenvalue weighted by atomic mass is 10.4. The Labute approximate surface area is 78.9 Å². The molecule has 0 bridgehead atoms. The van der Waals surface area contributed by atoms with E-state index in [4.69, 9.17) is 0 Å².